The highest BCUT2D eigenvalue weighted by molar-refractivity contribution is 5.94. The molecule has 0 aromatic heterocycles. The van der Waals surface area contributed by atoms with E-state index >= 15 is 0 Å². The third-order valence-electron chi connectivity index (χ3n) is 3.03. The van der Waals surface area contributed by atoms with Gasteiger partial charge in [0.2, 0.25) is 5.91 Å². The molecule has 0 aliphatic rings. The highest BCUT2D eigenvalue weighted by Gasteiger charge is 2.07. The minimum Gasteiger partial charge on any atom is -0.399 e. The lowest BCUT2D eigenvalue weighted by Gasteiger charge is -2.07. The van der Waals surface area contributed by atoms with E-state index in [2.05, 4.69) is 5.32 Å². The van der Waals surface area contributed by atoms with Gasteiger partial charge in [-0.25, -0.2) is 0 Å². The zero-order valence-corrected chi connectivity index (χ0v) is 12.1. The lowest BCUT2D eigenvalue weighted by atomic mass is 10.1. The summed E-state index contributed by atoms with van der Waals surface area (Å²) in [6.07, 6.45) is 4.44. The van der Waals surface area contributed by atoms with Crippen LogP contribution in [0, 0.1) is 11.5 Å². The number of carbonyl (C=O) groups is 2. The molecule has 0 unspecified atom stereocenters. The average Bonchev–Trinajstić information content (AvgIpc) is 2.49. The van der Waals surface area contributed by atoms with E-state index in [0.717, 1.165) is 17.7 Å². The average molecular weight is 288 g/mol. The fraction of sp³-hybridized carbons (Fsp3) is 0.400. The largest absolute Gasteiger partial charge is 0.399 e. The molecule has 112 valence electrons. The molecule has 0 radical (unpaired) electrons. The van der Waals surface area contributed by atoms with Crippen LogP contribution in [0.1, 0.15) is 36.0 Å². The summed E-state index contributed by atoms with van der Waals surface area (Å²) in [7, 11) is 1.45. The molecule has 0 fully saturated rings. The Balaban J connectivity index is 2.16. The molecule has 0 atom stereocenters. The van der Waals surface area contributed by atoms with Gasteiger partial charge < -0.3 is 11.1 Å². The van der Waals surface area contributed by atoms with Crippen molar-refractivity contribution in [1.29, 1.82) is 5.26 Å². The first kappa shape index (κ1) is 16.5. The maximum atomic E-state index is 11.8. The van der Waals surface area contributed by atoms with E-state index in [9.17, 15) is 9.59 Å². The molecule has 0 saturated heterocycles. The summed E-state index contributed by atoms with van der Waals surface area (Å²) in [5.74, 6) is -0.330. The summed E-state index contributed by atoms with van der Waals surface area (Å²) in [6, 6.07) is 6.81. The lowest BCUT2D eigenvalue weighted by molar-refractivity contribution is -0.127. The Morgan fingerprint density at radius 3 is 2.76 bits per heavy atom. The Morgan fingerprint density at radius 1 is 1.33 bits per heavy atom. The van der Waals surface area contributed by atoms with Gasteiger partial charge in [-0.1, -0.05) is 12.5 Å². The minimum absolute atomic E-state index is 0.150. The van der Waals surface area contributed by atoms with E-state index in [-0.39, 0.29) is 11.8 Å². The second-order valence-electron chi connectivity index (χ2n) is 4.74. The van der Waals surface area contributed by atoms with Crippen LogP contribution in [0.5, 0.6) is 0 Å². The third-order valence-corrected chi connectivity index (χ3v) is 3.03. The van der Waals surface area contributed by atoms with Crippen molar-refractivity contribution in [2.24, 2.45) is 0 Å². The summed E-state index contributed by atoms with van der Waals surface area (Å²) in [5, 5.41) is 11.3. The van der Waals surface area contributed by atoms with Crippen LogP contribution in [-0.4, -0.2) is 30.3 Å². The van der Waals surface area contributed by atoms with Crippen molar-refractivity contribution in [3.63, 3.8) is 0 Å². The highest BCUT2D eigenvalue weighted by atomic mass is 16.2. The minimum atomic E-state index is -0.179. The number of hydrogen-bond donors (Lipinski definition) is 2. The molecule has 1 rings (SSSR count). The number of nitrogen functional groups attached to an aromatic ring is 1. The summed E-state index contributed by atoms with van der Waals surface area (Å²) < 4.78 is 0. The number of amides is 2. The molecular weight excluding hydrogens is 268 g/mol. The molecule has 0 spiro atoms. The number of nitrogens with one attached hydrogen (secondary N) is 1. The number of benzene rings is 1. The zero-order valence-electron chi connectivity index (χ0n) is 12.1. The summed E-state index contributed by atoms with van der Waals surface area (Å²) in [5.41, 5.74) is 6.72. The number of anilines is 1. The number of carbonyl (C=O) groups excluding carboxylic acids is 2. The molecule has 1 aromatic rings. The Kier molecular flexibility index (Phi) is 6.75. The molecule has 6 heteroatoms. The van der Waals surface area contributed by atoms with E-state index in [4.69, 9.17) is 11.0 Å². The summed E-state index contributed by atoms with van der Waals surface area (Å²) >= 11 is 0. The standard InChI is InChI=1S/C15H20N4O2/c1-19(11-16)14(20)8-3-2-4-9-18-15(21)12-6-5-7-13(17)10-12/h5-7,10H,2-4,8-9,17H2,1H3,(H,18,21). The van der Waals surface area contributed by atoms with E-state index in [1.807, 2.05) is 0 Å². The Labute approximate surface area is 124 Å². The molecule has 0 saturated carbocycles. The predicted octanol–water partition coefficient (Wildman–Crippen LogP) is 1.50. The Hall–Kier alpha value is -2.55. The number of nitriles is 1. The van der Waals surface area contributed by atoms with Gasteiger partial charge in [-0.05, 0) is 31.0 Å². The molecule has 0 aliphatic carbocycles. The molecule has 0 bridgehead atoms. The predicted molar refractivity (Wildman–Crippen MR) is 80.0 cm³/mol. The van der Waals surface area contributed by atoms with Crippen molar-refractivity contribution in [2.75, 3.05) is 19.3 Å². The third kappa shape index (κ3) is 5.95. The van der Waals surface area contributed by atoms with Gasteiger partial charge >= 0.3 is 0 Å². The molecule has 2 amide bonds. The van der Waals surface area contributed by atoms with E-state index in [0.29, 0.717) is 30.6 Å². The topological polar surface area (TPSA) is 99.2 Å². The summed E-state index contributed by atoms with van der Waals surface area (Å²) in [4.78, 5) is 24.2. The lowest BCUT2D eigenvalue weighted by Crippen LogP contribution is -2.24. The van der Waals surface area contributed by atoms with Crippen molar-refractivity contribution in [1.82, 2.24) is 10.2 Å². The van der Waals surface area contributed by atoms with Gasteiger partial charge in [0.1, 0.15) is 0 Å². The van der Waals surface area contributed by atoms with Gasteiger partial charge in [0.25, 0.3) is 5.91 Å². The van der Waals surface area contributed by atoms with Crippen LogP contribution in [0.15, 0.2) is 24.3 Å². The quantitative estimate of drug-likeness (QED) is 0.344. The Morgan fingerprint density at radius 2 is 2.10 bits per heavy atom. The first-order chi connectivity index (χ1) is 10.0. The monoisotopic (exact) mass is 288 g/mol. The molecule has 0 heterocycles. The number of nitrogens with two attached hydrogens (primary N) is 1. The first-order valence-electron chi connectivity index (χ1n) is 6.84. The maximum absolute atomic E-state index is 11.8. The van der Waals surface area contributed by atoms with Crippen LogP contribution in [0.2, 0.25) is 0 Å². The highest BCUT2D eigenvalue weighted by Crippen LogP contribution is 2.06. The van der Waals surface area contributed by atoms with Crippen LogP contribution < -0.4 is 11.1 Å². The zero-order chi connectivity index (χ0) is 15.7. The van der Waals surface area contributed by atoms with Gasteiger partial charge in [-0.2, -0.15) is 5.26 Å². The summed E-state index contributed by atoms with van der Waals surface area (Å²) in [6.45, 7) is 0.552. The van der Waals surface area contributed by atoms with Crippen molar-refractivity contribution < 1.29 is 9.59 Å². The van der Waals surface area contributed by atoms with Gasteiger partial charge in [0.15, 0.2) is 6.19 Å². The van der Waals surface area contributed by atoms with E-state index in [1.165, 1.54) is 7.05 Å². The maximum Gasteiger partial charge on any atom is 0.251 e. The molecule has 21 heavy (non-hydrogen) atoms. The van der Waals surface area contributed by atoms with Crippen molar-refractivity contribution >= 4 is 17.5 Å². The van der Waals surface area contributed by atoms with Crippen LogP contribution >= 0.6 is 0 Å². The van der Waals surface area contributed by atoms with Crippen molar-refractivity contribution in [3.8, 4) is 6.19 Å². The molecular formula is C15H20N4O2. The molecule has 6 nitrogen and oxygen atoms in total. The van der Waals surface area contributed by atoms with Crippen LogP contribution in [0.3, 0.4) is 0 Å². The molecule has 3 N–H and O–H groups in total. The Bertz CT molecular complexity index is 537. The number of nitrogens with zero attached hydrogens (tertiary/aromatic N) is 2. The van der Waals surface area contributed by atoms with E-state index in [1.54, 1.807) is 30.5 Å². The van der Waals surface area contributed by atoms with Gasteiger partial charge in [-0.15, -0.1) is 0 Å². The molecule has 0 aliphatic heterocycles. The SMILES string of the molecule is CN(C#N)C(=O)CCCCCNC(=O)c1cccc(N)c1. The van der Waals surface area contributed by atoms with Gasteiger partial charge in [0.05, 0.1) is 0 Å². The normalized spacial score (nSPS) is 9.71. The number of unbranched alkanes of at least 4 members (excludes halogenated alkanes) is 2. The van der Waals surface area contributed by atoms with Crippen LogP contribution in [0.4, 0.5) is 5.69 Å². The first-order valence-corrected chi connectivity index (χ1v) is 6.84. The van der Waals surface area contributed by atoms with Crippen LogP contribution in [0.25, 0.3) is 0 Å². The molecule has 1 aromatic carbocycles. The number of hydrogen-bond acceptors (Lipinski definition) is 4. The van der Waals surface area contributed by atoms with Gasteiger partial charge in [-0.3, -0.25) is 14.5 Å². The smallest absolute Gasteiger partial charge is 0.251 e. The van der Waals surface area contributed by atoms with Crippen LogP contribution in [-0.2, 0) is 4.79 Å². The number of rotatable bonds is 7. The second kappa shape index (κ2) is 8.59. The van der Waals surface area contributed by atoms with E-state index < -0.39 is 0 Å². The van der Waals surface area contributed by atoms with Crippen molar-refractivity contribution in [3.05, 3.63) is 29.8 Å². The second-order valence-corrected chi connectivity index (χ2v) is 4.74. The van der Waals surface area contributed by atoms with Gasteiger partial charge in [0, 0.05) is 31.3 Å². The van der Waals surface area contributed by atoms with Crippen molar-refractivity contribution in [2.45, 2.75) is 25.7 Å². The fourth-order valence-corrected chi connectivity index (χ4v) is 1.79. The fourth-order valence-electron chi connectivity index (χ4n) is 1.79.